The molecule has 6 heteroatoms. The van der Waals surface area contributed by atoms with Crippen LogP contribution < -0.4 is 10.1 Å². The molecule has 0 aromatic heterocycles. The van der Waals surface area contributed by atoms with E-state index in [0.29, 0.717) is 11.3 Å². The first-order valence-corrected chi connectivity index (χ1v) is 5.49. The number of carboxylic acids is 1. The monoisotopic (exact) mass is 265 g/mol. The second-order valence-corrected chi connectivity index (χ2v) is 3.58. The van der Waals surface area contributed by atoms with Crippen LogP contribution in [0, 0.1) is 0 Å². The highest BCUT2D eigenvalue weighted by Gasteiger charge is 2.23. The van der Waals surface area contributed by atoms with Gasteiger partial charge in [-0.15, -0.1) is 0 Å². The van der Waals surface area contributed by atoms with Crippen molar-refractivity contribution < 1.29 is 24.2 Å². The molecule has 1 amide bonds. The van der Waals surface area contributed by atoms with Crippen molar-refractivity contribution in [2.45, 2.75) is 6.04 Å². The number of rotatable bonds is 6. The summed E-state index contributed by atoms with van der Waals surface area (Å²) in [5.74, 6) is -0.686. The fraction of sp³-hybridized carbons (Fsp3) is 0.231. The number of ether oxygens (including phenoxy) is 2. The Bertz CT molecular complexity index is 472. The lowest BCUT2D eigenvalue weighted by molar-refractivity contribution is -0.139. The molecule has 0 aliphatic rings. The van der Waals surface area contributed by atoms with Gasteiger partial charge in [0.2, 0.25) is 0 Å². The Morgan fingerprint density at radius 2 is 2.26 bits per heavy atom. The molecule has 0 saturated carbocycles. The van der Waals surface area contributed by atoms with E-state index in [4.69, 9.17) is 9.84 Å². The van der Waals surface area contributed by atoms with Crippen molar-refractivity contribution in [1.29, 1.82) is 0 Å². The number of nitrogens with one attached hydrogen (secondary N) is 1. The first-order valence-electron chi connectivity index (χ1n) is 5.49. The number of hydrogen-bond donors (Lipinski definition) is 2. The highest BCUT2D eigenvalue weighted by molar-refractivity contribution is 5.81. The predicted molar refractivity (Wildman–Crippen MR) is 68.1 cm³/mol. The van der Waals surface area contributed by atoms with Gasteiger partial charge >= 0.3 is 12.1 Å². The summed E-state index contributed by atoms with van der Waals surface area (Å²) in [4.78, 5) is 22.5. The standard InChI is InChI=1S/C13H15NO5/c1-3-7-19-13(17)14-11(12(15)16)9-5-4-6-10(8-9)18-2/h3-6,8,11H,1,7H2,2H3,(H,14,17)(H,15,16)/t11-/m0/s1. The zero-order chi connectivity index (χ0) is 14.3. The topological polar surface area (TPSA) is 84.9 Å². The van der Waals surface area contributed by atoms with Gasteiger partial charge in [0.25, 0.3) is 0 Å². The van der Waals surface area contributed by atoms with Crippen molar-refractivity contribution in [2.75, 3.05) is 13.7 Å². The average molecular weight is 265 g/mol. The van der Waals surface area contributed by atoms with Gasteiger partial charge in [-0.05, 0) is 17.7 Å². The molecule has 0 aliphatic heterocycles. The molecule has 1 rings (SSSR count). The quantitative estimate of drug-likeness (QED) is 0.765. The Morgan fingerprint density at radius 1 is 1.53 bits per heavy atom. The third kappa shape index (κ3) is 4.34. The highest BCUT2D eigenvalue weighted by Crippen LogP contribution is 2.19. The van der Waals surface area contributed by atoms with Gasteiger partial charge in [-0.3, -0.25) is 0 Å². The number of hydrogen-bond acceptors (Lipinski definition) is 4. The van der Waals surface area contributed by atoms with E-state index in [1.165, 1.54) is 19.3 Å². The van der Waals surface area contributed by atoms with Gasteiger partial charge in [0, 0.05) is 0 Å². The largest absolute Gasteiger partial charge is 0.497 e. The molecule has 1 atom stereocenters. The molecule has 0 aliphatic carbocycles. The number of amides is 1. The molecule has 0 bridgehead atoms. The molecular weight excluding hydrogens is 250 g/mol. The maximum Gasteiger partial charge on any atom is 0.408 e. The molecule has 0 radical (unpaired) electrons. The van der Waals surface area contributed by atoms with Gasteiger partial charge in [0.1, 0.15) is 12.4 Å². The van der Waals surface area contributed by atoms with Crippen LogP contribution in [0.3, 0.4) is 0 Å². The predicted octanol–water partition coefficient (Wildman–Crippen LogP) is 1.73. The molecule has 0 fully saturated rings. The minimum absolute atomic E-state index is 0.0102. The molecule has 102 valence electrons. The second-order valence-electron chi connectivity index (χ2n) is 3.58. The molecule has 6 nitrogen and oxygen atoms in total. The number of benzene rings is 1. The fourth-order valence-corrected chi connectivity index (χ4v) is 1.40. The van der Waals surface area contributed by atoms with Crippen LogP contribution in [-0.2, 0) is 9.53 Å². The number of alkyl carbamates (subject to hydrolysis) is 1. The maximum atomic E-state index is 11.4. The molecule has 1 aromatic carbocycles. The molecular formula is C13H15NO5. The van der Waals surface area contributed by atoms with Crippen molar-refractivity contribution in [3.05, 3.63) is 42.5 Å². The smallest absolute Gasteiger partial charge is 0.408 e. The summed E-state index contributed by atoms with van der Waals surface area (Å²) in [6.45, 7) is 3.40. The Kier molecular flexibility index (Phi) is 5.40. The van der Waals surface area contributed by atoms with Crippen LogP contribution in [0.5, 0.6) is 5.75 Å². The number of methoxy groups -OCH3 is 1. The molecule has 0 saturated heterocycles. The minimum Gasteiger partial charge on any atom is -0.497 e. The van der Waals surface area contributed by atoms with Crippen LogP contribution in [0.25, 0.3) is 0 Å². The lowest BCUT2D eigenvalue weighted by atomic mass is 10.1. The number of aliphatic carboxylic acids is 1. The first kappa shape index (κ1) is 14.6. The van der Waals surface area contributed by atoms with Gasteiger partial charge in [0.05, 0.1) is 7.11 Å². The van der Waals surface area contributed by atoms with Crippen LogP contribution in [-0.4, -0.2) is 30.9 Å². The Morgan fingerprint density at radius 3 is 2.84 bits per heavy atom. The molecule has 0 heterocycles. The van der Waals surface area contributed by atoms with E-state index < -0.39 is 18.1 Å². The van der Waals surface area contributed by atoms with Gasteiger partial charge in [-0.25, -0.2) is 9.59 Å². The van der Waals surface area contributed by atoms with E-state index in [-0.39, 0.29) is 6.61 Å². The zero-order valence-corrected chi connectivity index (χ0v) is 10.5. The van der Waals surface area contributed by atoms with E-state index in [0.717, 1.165) is 0 Å². The van der Waals surface area contributed by atoms with E-state index in [1.54, 1.807) is 18.2 Å². The molecule has 0 spiro atoms. The van der Waals surface area contributed by atoms with Gasteiger partial charge in [-0.1, -0.05) is 24.8 Å². The summed E-state index contributed by atoms with van der Waals surface area (Å²) in [6, 6.07) is 5.23. The van der Waals surface area contributed by atoms with Gasteiger partial charge in [0.15, 0.2) is 6.04 Å². The first-order chi connectivity index (χ1) is 9.08. The molecule has 19 heavy (non-hydrogen) atoms. The molecule has 1 aromatic rings. The van der Waals surface area contributed by atoms with Crippen molar-refractivity contribution in [3.63, 3.8) is 0 Å². The number of carbonyl (C=O) groups is 2. The van der Waals surface area contributed by atoms with Crippen LogP contribution in [0.2, 0.25) is 0 Å². The molecule has 2 N–H and O–H groups in total. The van der Waals surface area contributed by atoms with Crippen molar-refractivity contribution in [3.8, 4) is 5.75 Å². The molecule has 0 unspecified atom stereocenters. The SMILES string of the molecule is C=CCOC(=O)N[C@H](C(=O)O)c1cccc(OC)c1. The normalized spacial score (nSPS) is 11.2. The van der Waals surface area contributed by atoms with Crippen LogP contribution in [0.15, 0.2) is 36.9 Å². The second kappa shape index (κ2) is 7.05. The van der Waals surface area contributed by atoms with E-state index in [2.05, 4.69) is 16.6 Å². The third-order valence-electron chi connectivity index (χ3n) is 2.27. The van der Waals surface area contributed by atoms with E-state index >= 15 is 0 Å². The van der Waals surface area contributed by atoms with Crippen molar-refractivity contribution in [1.82, 2.24) is 5.32 Å². The summed E-state index contributed by atoms with van der Waals surface area (Å²) in [5, 5.41) is 11.4. The van der Waals surface area contributed by atoms with Crippen LogP contribution in [0.1, 0.15) is 11.6 Å². The third-order valence-corrected chi connectivity index (χ3v) is 2.27. The highest BCUT2D eigenvalue weighted by atomic mass is 16.5. The summed E-state index contributed by atoms with van der Waals surface area (Å²) in [5.41, 5.74) is 0.391. The lowest BCUT2D eigenvalue weighted by Crippen LogP contribution is -2.34. The number of carboxylic acid groups (broad SMARTS) is 1. The average Bonchev–Trinajstić information content (AvgIpc) is 2.42. The minimum atomic E-state index is -1.20. The van der Waals surface area contributed by atoms with E-state index in [9.17, 15) is 9.59 Å². The summed E-state index contributed by atoms with van der Waals surface area (Å²) in [6.07, 6.45) is 0.566. The van der Waals surface area contributed by atoms with Crippen LogP contribution >= 0.6 is 0 Å². The Labute approximate surface area is 110 Å². The summed E-state index contributed by atoms with van der Waals surface area (Å²) in [7, 11) is 1.47. The fourth-order valence-electron chi connectivity index (χ4n) is 1.40. The Balaban J connectivity index is 2.84. The van der Waals surface area contributed by atoms with Crippen LogP contribution in [0.4, 0.5) is 4.79 Å². The number of carbonyl (C=O) groups excluding carboxylic acids is 1. The summed E-state index contributed by atoms with van der Waals surface area (Å²) < 4.78 is 9.69. The zero-order valence-electron chi connectivity index (χ0n) is 10.5. The maximum absolute atomic E-state index is 11.4. The van der Waals surface area contributed by atoms with E-state index in [1.807, 2.05) is 0 Å². The summed E-state index contributed by atoms with van der Waals surface area (Å²) >= 11 is 0. The van der Waals surface area contributed by atoms with Gasteiger partial charge < -0.3 is 19.9 Å². The lowest BCUT2D eigenvalue weighted by Gasteiger charge is -2.15. The Hall–Kier alpha value is -2.50. The van der Waals surface area contributed by atoms with Crippen molar-refractivity contribution >= 4 is 12.1 Å². The van der Waals surface area contributed by atoms with Gasteiger partial charge in [-0.2, -0.15) is 0 Å². The van der Waals surface area contributed by atoms with Crippen molar-refractivity contribution in [2.24, 2.45) is 0 Å².